The molecule has 0 bridgehead atoms. The summed E-state index contributed by atoms with van der Waals surface area (Å²) in [6, 6.07) is 15.0. The molecule has 2 aromatic carbocycles. The minimum Gasteiger partial charge on any atom is -0.458 e. The molecule has 0 aromatic heterocycles. The Morgan fingerprint density at radius 3 is 2.30 bits per heavy atom. The lowest BCUT2D eigenvalue weighted by atomic mass is 9.73. The molecule has 17 heteroatoms. The summed E-state index contributed by atoms with van der Waals surface area (Å²) in [6.07, 6.45) is -1.16. The first-order valence-corrected chi connectivity index (χ1v) is 23.6. The number of amides is 1. The van der Waals surface area contributed by atoms with Gasteiger partial charge in [-0.15, -0.1) is 5.53 Å². The lowest BCUT2D eigenvalue weighted by Crippen LogP contribution is -2.61. The number of esters is 2. The normalized spacial score (nSPS) is 34.2. The van der Waals surface area contributed by atoms with E-state index in [1.165, 1.54) is 14.0 Å². The number of hydrogen-bond donors (Lipinski definition) is 3. The van der Waals surface area contributed by atoms with Gasteiger partial charge in [0, 0.05) is 55.4 Å². The number of fused-ring (bicyclic) bond motifs is 1. The summed E-state index contributed by atoms with van der Waals surface area (Å²) in [7, 11) is 5.26. The van der Waals surface area contributed by atoms with Gasteiger partial charge < -0.3 is 49.4 Å². The van der Waals surface area contributed by atoms with Gasteiger partial charge in [-0.25, -0.2) is 9.59 Å². The number of unbranched alkanes of at least 4 members (excludes halogenated alkanes) is 1. The standard InChI is InChI=1S/C50H72N6O11/c1-12-39-50(8)43(56(48(61)67-50)24-17-16-23-55-28-37(52-53-55)35-21-18-22-36(51)26-35)31(4)40(57)29(2)27-49(7,62-11)44(32(5)41(58)33(6)45(59)64-39)66-47-42(38(54(9)10)25-30(3)63-47)65-46(60)34-19-14-13-15-20-34/h13-15,18-22,26,28-33,38-39,42-44,47,52-53H,12,16-17,23-25,27,51H2,1-11H3/t29-,30-,31+,32+,33-,38+,39-,42-,43?,44-,47?,49+,50-/m1/s1. The molecule has 0 spiro atoms. The fourth-order valence-corrected chi connectivity index (χ4v) is 10.5. The second kappa shape index (κ2) is 21.5. The molecule has 13 atom stereocenters. The number of Topliss-reactive ketones (excluding diaryl/α,β-unsaturated/α-hetero) is 2. The molecular formula is C50H72N6O11. The highest BCUT2D eigenvalue weighted by atomic mass is 16.7. The molecular weight excluding hydrogens is 861 g/mol. The van der Waals surface area contributed by atoms with Gasteiger partial charge in [-0.1, -0.05) is 58.0 Å². The Bertz CT molecular complexity index is 2120. The van der Waals surface area contributed by atoms with Crippen LogP contribution in [0.2, 0.25) is 0 Å². The number of ketones is 2. The van der Waals surface area contributed by atoms with Crippen molar-refractivity contribution in [1.29, 1.82) is 0 Å². The van der Waals surface area contributed by atoms with E-state index in [0.29, 0.717) is 37.1 Å². The lowest BCUT2D eigenvalue weighted by Gasteiger charge is -2.47. The van der Waals surface area contributed by atoms with Crippen molar-refractivity contribution in [2.45, 2.75) is 141 Å². The van der Waals surface area contributed by atoms with Crippen molar-refractivity contribution in [1.82, 2.24) is 25.8 Å². The van der Waals surface area contributed by atoms with Gasteiger partial charge in [0.25, 0.3) is 0 Å². The molecule has 17 nitrogen and oxygen atoms in total. The zero-order valence-corrected chi connectivity index (χ0v) is 41.0. The predicted molar refractivity (Wildman–Crippen MR) is 250 cm³/mol. The second-order valence-electron chi connectivity index (χ2n) is 19.4. The molecule has 4 heterocycles. The van der Waals surface area contributed by atoms with Crippen LogP contribution in [0.15, 0.2) is 60.8 Å². The maximum absolute atomic E-state index is 15.0. The van der Waals surface area contributed by atoms with Crippen molar-refractivity contribution >= 4 is 41.0 Å². The highest BCUT2D eigenvalue weighted by Gasteiger charge is 2.60. The lowest BCUT2D eigenvalue weighted by molar-refractivity contribution is -0.294. The summed E-state index contributed by atoms with van der Waals surface area (Å²) in [6.45, 7) is 14.8. The molecule has 6 rings (SSSR count). The number of nitrogens with two attached hydrogens (primary N) is 1. The zero-order chi connectivity index (χ0) is 49.0. The molecule has 0 saturated carbocycles. The minimum absolute atomic E-state index is 0.0824. The highest BCUT2D eigenvalue weighted by molar-refractivity contribution is 6.00. The number of likely N-dealkylation sites (N-methyl/N-ethyl adjacent to an activating group) is 1. The summed E-state index contributed by atoms with van der Waals surface area (Å²) in [5.74, 6) is -5.83. The number of rotatable bonds is 13. The zero-order valence-electron chi connectivity index (χ0n) is 41.0. The third kappa shape index (κ3) is 11.1. The Morgan fingerprint density at radius 2 is 1.64 bits per heavy atom. The summed E-state index contributed by atoms with van der Waals surface area (Å²) in [4.78, 5) is 75.0. The number of nitrogens with one attached hydrogen (secondary N) is 2. The van der Waals surface area contributed by atoms with Gasteiger partial charge in [0.15, 0.2) is 23.8 Å². The van der Waals surface area contributed by atoms with Gasteiger partial charge in [0.1, 0.15) is 17.8 Å². The van der Waals surface area contributed by atoms with Crippen LogP contribution >= 0.6 is 0 Å². The topological polar surface area (TPSA) is 201 Å². The van der Waals surface area contributed by atoms with E-state index in [4.69, 9.17) is 34.2 Å². The number of nitrogen functional groups attached to an aromatic ring is 1. The van der Waals surface area contributed by atoms with E-state index in [-0.39, 0.29) is 37.3 Å². The van der Waals surface area contributed by atoms with Crippen molar-refractivity contribution < 1.29 is 52.4 Å². The van der Waals surface area contributed by atoms with Crippen molar-refractivity contribution in [2.75, 3.05) is 40.0 Å². The van der Waals surface area contributed by atoms with Crippen LogP contribution in [-0.4, -0.2) is 133 Å². The Kier molecular flexibility index (Phi) is 16.5. The third-order valence-electron chi connectivity index (χ3n) is 14.3. The summed E-state index contributed by atoms with van der Waals surface area (Å²) in [5.41, 5.74) is 12.3. The summed E-state index contributed by atoms with van der Waals surface area (Å²) in [5, 5.41) is 1.92. The monoisotopic (exact) mass is 933 g/mol. The van der Waals surface area contributed by atoms with Gasteiger partial charge in [-0.2, -0.15) is 0 Å². The van der Waals surface area contributed by atoms with Crippen LogP contribution in [0.5, 0.6) is 0 Å². The quantitative estimate of drug-likeness (QED) is 0.0721. The number of carbonyl (C=O) groups is 5. The van der Waals surface area contributed by atoms with Gasteiger partial charge in [-0.05, 0) is 98.2 Å². The number of cyclic esters (lactones) is 1. The van der Waals surface area contributed by atoms with Crippen LogP contribution in [0.1, 0.15) is 103 Å². The first-order valence-electron chi connectivity index (χ1n) is 23.6. The molecule has 67 heavy (non-hydrogen) atoms. The molecule has 4 aliphatic rings. The Balaban J connectivity index is 1.28. The van der Waals surface area contributed by atoms with E-state index < -0.39 is 89.3 Å². The van der Waals surface area contributed by atoms with Crippen molar-refractivity contribution in [3.63, 3.8) is 0 Å². The van der Waals surface area contributed by atoms with Crippen LogP contribution in [0.3, 0.4) is 0 Å². The second-order valence-corrected chi connectivity index (χ2v) is 19.4. The van der Waals surface area contributed by atoms with E-state index in [9.17, 15) is 24.0 Å². The van der Waals surface area contributed by atoms with E-state index in [1.54, 1.807) is 69.9 Å². The van der Waals surface area contributed by atoms with E-state index in [0.717, 1.165) is 11.3 Å². The fourth-order valence-electron chi connectivity index (χ4n) is 10.5. The smallest absolute Gasteiger partial charge is 0.410 e. The van der Waals surface area contributed by atoms with Crippen LogP contribution < -0.4 is 16.7 Å². The molecule has 368 valence electrons. The number of nitrogens with zero attached hydrogens (tertiary/aromatic N) is 3. The average molecular weight is 933 g/mol. The molecule has 2 aromatic rings. The van der Waals surface area contributed by atoms with Gasteiger partial charge in [0.2, 0.25) is 0 Å². The van der Waals surface area contributed by atoms with Gasteiger partial charge in [0.05, 0.1) is 41.2 Å². The van der Waals surface area contributed by atoms with Crippen LogP contribution in [0.25, 0.3) is 5.70 Å². The minimum atomic E-state index is -1.44. The Labute approximate surface area is 395 Å². The van der Waals surface area contributed by atoms with Crippen molar-refractivity contribution in [3.05, 3.63) is 71.9 Å². The molecule has 4 aliphatic heterocycles. The Morgan fingerprint density at radius 1 is 0.940 bits per heavy atom. The number of ether oxygens (including phenoxy) is 6. The Hall–Kier alpha value is -5.07. The van der Waals surface area contributed by atoms with Crippen LogP contribution in [-0.2, 0) is 42.8 Å². The number of anilines is 1. The highest BCUT2D eigenvalue weighted by Crippen LogP contribution is 2.43. The molecule has 0 radical (unpaired) electrons. The van der Waals surface area contributed by atoms with E-state index >= 15 is 0 Å². The van der Waals surface area contributed by atoms with Gasteiger partial charge in [-0.3, -0.25) is 19.4 Å². The SMILES string of the molecule is CC[C@H]1OC(=O)[C@H](C)C(=O)[C@H](C)[C@@H](OC2O[C@H](C)C[C@H](N(C)C)[C@H]2OC(=O)c2ccccc2)[C@@](C)(OC)C[C@@H](C)C(=O)[C@H](C)C2N(CCCCN3C=C(c4cccc(N)c4)NN3)C(=O)O[C@@]21C. The number of hydrazine groups is 2. The molecule has 1 amide bonds. The molecule has 0 aliphatic carbocycles. The number of benzene rings is 2. The molecule has 3 fully saturated rings. The molecule has 2 unspecified atom stereocenters. The first-order chi connectivity index (χ1) is 31.7. The van der Waals surface area contributed by atoms with Crippen LogP contribution in [0, 0.1) is 23.7 Å². The number of carbonyl (C=O) groups excluding carboxylic acids is 5. The predicted octanol–water partition coefficient (Wildman–Crippen LogP) is 5.74. The maximum atomic E-state index is 15.0. The number of methoxy groups -OCH3 is 1. The summed E-state index contributed by atoms with van der Waals surface area (Å²) >= 11 is 0. The van der Waals surface area contributed by atoms with Gasteiger partial charge >= 0.3 is 18.0 Å². The van der Waals surface area contributed by atoms with E-state index in [1.807, 2.05) is 68.3 Å². The molecule has 3 saturated heterocycles. The van der Waals surface area contributed by atoms with Crippen LogP contribution in [0.4, 0.5) is 10.5 Å². The number of hydrogen-bond acceptors (Lipinski definition) is 16. The molecule has 4 N–H and O–H groups in total. The fraction of sp³-hybridized carbons (Fsp3) is 0.620. The summed E-state index contributed by atoms with van der Waals surface area (Å²) < 4.78 is 38.3. The maximum Gasteiger partial charge on any atom is 0.410 e. The van der Waals surface area contributed by atoms with E-state index in [2.05, 4.69) is 11.0 Å². The van der Waals surface area contributed by atoms with Crippen molar-refractivity contribution in [2.24, 2.45) is 23.7 Å². The third-order valence-corrected chi connectivity index (χ3v) is 14.3. The van der Waals surface area contributed by atoms with Crippen molar-refractivity contribution in [3.8, 4) is 0 Å². The average Bonchev–Trinajstić information content (AvgIpc) is 3.88. The largest absolute Gasteiger partial charge is 0.458 e. The first kappa shape index (κ1) is 51.3.